The van der Waals surface area contributed by atoms with Gasteiger partial charge in [-0.15, -0.1) is 0 Å². The van der Waals surface area contributed by atoms with Crippen molar-refractivity contribution in [1.29, 1.82) is 0 Å². The van der Waals surface area contributed by atoms with Crippen LogP contribution in [0.3, 0.4) is 0 Å². The quantitative estimate of drug-likeness (QED) is 0.911. The van der Waals surface area contributed by atoms with Crippen molar-refractivity contribution in [2.45, 2.75) is 13.5 Å². The standard InChI is InChI=1S/C15H23N3OS/c1-12-8-16-9-14(12)15(19)18-5-3-17(4-6-18)10-13-2-7-20-11-13/h2,7,11-12,14,16H,3-6,8-10H2,1H3/t12-,14-/m1/s1. The van der Waals surface area contributed by atoms with Crippen molar-refractivity contribution >= 4 is 17.2 Å². The van der Waals surface area contributed by atoms with Crippen molar-refractivity contribution in [3.63, 3.8) is 0 Å². The SMILES string of the molecule is C[C@@H]1CNC[C@H]1C(=O)N1CCN(Cc2ccsc2)CC1. The average Bonchev–Trinajstić information content (AvgIpc) is 3.10. The molecule has 1 amide bonds. The minimum Gasteiger partial charge on any atom is -0.340 e. The first-order chi connectivity index (χ1) is 9.74. The van der Waals surface area contributed by atoms with Crippen molar-refractivity contribution in [2.24, 2.45) is 11.8 Å². The molecule has 2 fully saturated rings. The zero-order valence-electron chi connectivity index (χ0n) is 12.0. The predicted molar refractivity (Wildman–Crippen MR) is 81.7 cm³/mol. The molecule has 2 aliphatic heterocycles. The van der Waals surface area contributed by atoms with E-state index in [1.807, 2.05) is 0 Å². The number of carbonyl (C=O) groups is 1. The number of carbonyl (C=O) groups excluding carboxylic acids is 1. The summed E-state index contributed by atoms with van der Waals surface area (Å²) in [5.74, 6) is 1.03. The highest BCUT2D eigenvalue weighted by molar-refractivity contribution is 7.07. The highest BCUT2D eigenvalue weighted by Gasteiger charge is 2.33. The summed E-state index contributed by atoms with van der Waals surface area (Å²) in [6.07, 6.45) is 0. The second-order valence-corrected chi connectivity index (χ2v) is 6.76. The fourth-order valence-electron chi connectivity index (χ4n) is 3.14. The molecule has 5 heteroatoms. The maximum Gasteiger partial charge on any atom is 0.227 e. The Morgan fingerprint density at radius 3 is 2.75 bits per heavy atom. The van der Waals surface area contributed by atoms with Gasteiger partial charge >= 0.3 is 0 Å². The third-order valence-corrected chi connectivity index (χ3v) is 5.24. The van der Waals surface area contributed by atoms with Crippen molar-refractivity contribution in [3.8, 4) is 0 Å². The zero-order chi connectivity index (χ0) is 13.9. The first-order valence-electron chi connectivity index (χ1n) is 7.47. The summed E-state index contributed by atoms with van der Waals surface area (Å²) in [4.78, 5) is 17.0. The Bertz CT molecular complexity index is 440. The number of nitrogens with one attached hydrogen (secondary N) is 1. The highest BCUT2D eigenvalue weighted by atomic mass is 32.1. The molecule has 1 N–H and O–H groups in total. The van der Waals surface area contributed by atoms with E-state index in [0.29, 0.717) is 11.8 Å². The van der Waals surface area contributed by atoms with Crippen LogP contribution < -0.4 is 5.32 Å². The number of thiophene rings is 1. The minimum atomic E-state index is 0.193. The summed E-state index contributed by atoms with van der Waals surface area (Å²) in [5, 5.41) is 7.66. The molecule has 3 heterocycles. The van der Waals surface area contributed by atoms with Gasteiger partial charge in [0.05, 0.1) is 5.92 Å². The molecular formula is C15H23N3OS. The van der Waals surface area contributed by atoms with Gasteiger partial charge in [-0.1, -0.05) is 6.92 Å². The Kier molecular flexibility index (Phi) is 4.38. The van der Waals surface area contributed by atoms with Crippen LogP contribution in [0.5, 0.6) is 0 Å². The minimum absolute atomic E-state index is 0.193. The predicted octanol–water partition coefficient (Wildman–Crippen LogP) is 1.25. The molecule has 2 atom stereocenters. The molecule has 0 spiro atoms. The fraction of sp³-hybridized carbons (Fsp3) is 0.667. The van der Waals surface area contributed by atoms with Gasteiger partial charge in [-0.25, -0.2) is 0 Å². The summed E-state index contributed by atoms with van der Waals surface area (Å²) in [5.41, 5.74) is 1.39. The Labute approximate surface area is 124 Å². The van der Waals surface area contributed by atoms with Crippen LogP contribution in [-0.2, 0) is 11.3 Å². The van der Waals surface area contributed by atoms with Crippen LogP contribution in [0.2, 0.25) is 0 Å². The number of nitrogens with zero attached hydrogens (tertiary/aromatic N) is 2. The smallest absolute Gasteiger partial charge is 0.227 e. The van der Waals surface area contributed by atoms with Gasteiger partial charge in [0.1, 0.15) is 0 Å². The van der Waals surface area contributed by atoms with Crippen LogP contribution in [0.1, 0.15) is 12.5 Å². The molecule has 4 nitrogen and oxygen atoms in total. The largest absolute Gasteiger partial charge is 0.340 e. The molecule has 1 aromatic heterocycles. The number of hydrogen-bond acceptors (Lipinski definition) is 4. The lowest BCUT2D eigenvalue weighted by Crippen LogP contribution is -2.50. The third-order valence-electron chi connectivity index (χ3n) is 4.50. The molecular weight excluding hydrogens is 270 g/mol. The molecule has 0 aromatic carbocycles. The Morgan fingerprint density at radius 1 is 1.35 bits per heavy atom. The summed E-state index contributed by atoms with van der Waals surface area (Å²) < 4.78 is 0. The van der Waals surface area contributed by atoms with E-state index >= 15 is 0 Å². The van der Waals surface area contributed by atoms with E-state index in [1.54, 1.807) is 11.3 Å². The summed E-state index contributed by atoms with van der Waals surface area (Å²) >= 11 is 1.75. The van der Waals surface area contributed by atoms with E-state index < -0.39 is 0 Å². The third kappa shape index (κ3) is 3.05. The van der Waals surface area contributed by atoms with E-state index in [-0.39, 0.29) is 5.92 Å². The zero-order valence-corrected chi connectivity index (χ0v) is 12.9. The van der Waals surface area contributed by atoms with Crippen LogP contribution in [0.4, 0.5) is 0 Å². The molecule has 0 aliphatic carbocycles. The van der Waals surface area contributed by atoms with Crippen molar-refractivity contribution < 1.29 is 4.79 Å². The van der Waals surface area contributed by atoms with Gasteiger partial charge in [-0.3, -0.25) is 9.69 Å². The van der Waals surface area contributed by atoms with Crippen LogP contribution in [0.15, 0.2) is 16.8 Å². The fourth-order valence-corrected chi connectivity index (χ4v) is 3.80. The lowest BCUT2D eigenvalue weighted by Gasteiger charge is -2.36. The van der Waals surface area contributed by atoms with E-state index in [9.17, 15) is 4.79 Å². The maximum absolute atomic E-state index is 12.5. The Morgan fingerprint density at radius 2 is 2.15 bits per heavy atom. The van der Waals surface area contributed by atoms with E-state index in [1.165, 1.54) is 5.56 Å². The van der Waals surface area contributed by atoms with Crippen LogP contribution in [-0.4, -0.2) is 55.0 Å². The number of amides is 1. The number of hydrogen-bond donors (Lipinski definition) is 1. The first kappa shape index (κ1) is 14.0. The number of piperazine rings is 1. The molecule has 0 bridgehead atoms. The molecule has 20 heavy (non-hydrogen) atoms. The Balaban J connectivity index is 1.49. The molecule has 110 valence electrons. The summed E-state index contributed by atoms with van der Waals surface area (Å²) in [6, 6.07) is 2.19. The monoisotopic (exact) mass is 293 g/mol. The molecule has 0 radical (unpaired) electrons. The van der Waals surface area contributed by atoms with Gasteiger partial charge in [0.25, 0.3) is 0 Å². The van der Waals surface area contributed by atoms with Gasteiger partial charge < -0.3 is 10.2 Å². The molecule has 2 aliphatic rings. The van der Waals surface area contributed by atoms with E-state index in [4.69, 9.17) is 0 Å². The number of rotatable bonds is 3. The molecule has 2 saturated heterocycles. The lowest BCUT2D eigenvalue weighted by molar-refractivity contribution is -0.137. The van der Waals surface area contributed by atoms with Crippen LogP contribution in [0.25, 0.3) is 0 Å². The van der Waals surface area contributed by atoms with Gasteiger partial charge in [0.15, 0.2) is 0 Å². The Hall–Kier alpha value is -0.910. The maximum atomic E-state index is 12.5. The van der Waals surface area contributed by atoms with Gasteiger partial charge in [-0.05, 0) is 34.9 Å². The summed E-state index contributed by atoms with van der Waals surface area (Å²) in [6.45, 7) is 8.79. The second-order valence-electron chi connectivity index (χ2n) is 5.98. The normalized spacial score (nSPS) is 27.9. The summed E-state index contributed by atoms with van der Waals surface area (Å²) in [7, 11) is 0. The van der Waals surface area contributed by atoms with Crippen molar-refractivity contribution in [2.75, 3.05) is 39.3 Å². The average molecular weight is 293 g/mol. The van der Waals surface area contributed by atoms with Crippen molar-refractivity contribution in [3.05, 3.63) is 22.4 Å². The molecule has 0 unspecified atom stereocenters. The van der Waals surface area contributed by atoms with E-state index in [2.05, 4.69) is 38.9 Å². The van der Waals surface area contributed by atoms with Crippen LogP contribution in [0, 0.1) is 11.8 Å². The topological polar surface area (TPSA) is 35.6 Å². The molecule has 0 saturated carbocycles. The van der Waals surface area contributed by atoms with Gasteiger partial charge in [-0.2, -0.15) is 11.3 Å². The van der Waals surface area contributed by atoms with Gasteiger partial charge in [0, 0.05) is 39.3 Å². The second kappa shape index (κ2) is 6.24. The lowest BCUT2D eigenvalue weighted by atomic mass is 9.96. The molecule has 1 aromatic rings. The van der Waals surface area contributed by atoms with Crippen LogP contribution >= 0.6 is 11.3 Å². The van der Waals surface area contributed by atoms with Crippen molar-refractivity contribution in [1.82, 2.24) is 15.1 Å². The molecule has 3 rings (SSSR count). The highest BCUT2D eigenvalue weighted by Crippen LogP contribution is 2.20. The van der Waals surface area contributed by atoms with Gasteiger partial charge in [0.2, 0.25) is 5.91 Å². The first-order valence-corrected chi connectivity index (χ1v) is 8.41. The van der Waals surface area contributed by atoms with E-state index in [0.717, 1.165) is 45.8 Å².